The Labute approximate surface area is 193 Å². The Bertz CT molecular complexity index is 947. The topological polar surface area (TPSA) is 52.4 Å². The summed E-state index contributed by atoms with van der Waals surface area (Å²) in [5, 5.41) is 0. The van der Waals surface area contributed by atoms with Crippen LogP contribution in [0.2, 0.25) is 0 Å². The quantitative estimate of drug-likeness (QED) is 0.449. The van der Waals surface area contributed by atoms with Gasteiger partial charge in [0.1, 0.15) is 24.7 Å². The molecular formula is C22H24Cl2N2O3Pd. The molecule has 164 valence electrons. The molecule has 30 heavy (non-hydrogen) atoms. The van der Waals surface area contributed by atoms with Gasteiger partial charge in [-0.2, -0.15) is 0 Å². The summed E-state index contributed by atoms with van der Waals surface area (Å²) >= 11 is -0.106. The zero-order valence-electron chi connectivity index (χ0n) is 17.2. The Morgan fingerprint density at radius 3 is 1.83 bits per heavy atom. The van der Waals surface area contributed by atoms with Crippen molar-refractivity contribution in [3.8, 4) is 11.5 Å². The molecule has 8 heteroatoms. The first-order valence-electron chi connectivity index (χ1n) is 9.38. The van der Waals surface area contributed by atoms with E-state index in [9.17, 15) is 0 Å². The first-order valence-corrected chi connectivity index (χ1v) is 13.4. The molecule has 2 aliphatic rings. The second kappa shape index (κ2) is 9.70. The van der Waals surface area contributed by atoms with Gasteiger partial charge in [-0.1, -0.05) is 18.2 Å². The van der Waals surface area contributed by atoms with E-state index >= 15 is 0 Å². The molecule has 0 amide bonds. The second-order valence-corrected chi connectivity index (χ2v) is 10.6. The molecule has 0 saturated heterocycles. The zero-order valence-corrected chi connectivity index (χ0v) is 20.3. The molecular weight excluding hydrogens is 518 g/mol. The summed E-state index contributed by atoms with van der Waals surface area (Å²) in [7, 11) is 9.63. The molecule has 2 heterocycles. The van der Waals surface area contributed by atoms with E-state index in [1.165, 1.54) is 0 Å². The van der Waals surface area contributed by atoms with Crippen LogP contribution in [0.1, 0.15) is 38.8 Å². The van der Waals surface area contributed by atoms with Crippen molar-refractivity contribution in [2.45, 2.75) is 38.8 Å². The maximum atomic E-state index is 6.00. The van der Waals surface area contributed by atoms with Gasteiger partial charge < -0.3 is 14.2 Å². The van der Waals surface area contributed by atoms with Crippen LogP contribution in [-0.4, -0.2) is 36.1 Å². The Morgan fingerprint density at radius 1 is 0.800 bits per heavy atom. The maximum absolute atomic E-state index is 6.00. The van der Waals surface area contributed by atoms with Crippen LogP contribution >= 0.6 is 19.1 Å². The minimum atomic E-state index is -0.249. The van der Waals surface area contributed by atoms with Crippen LogP contribution < -0.4 is 4.74 Å². The number of rotatable bonds is 4. The Hall–Kier alpha value is -1.58. The van der Waals surface area contributed by atoms with Gasteiger partial charge >= 0.3 is 35.0 Å². The van der Waals surface area contributed by atoms with Crippen molar-refractivity contribution in [2.75, 3.05) is 13.2 Å². The van der Waals surface area contributed by atoms with Crippen LogP contribution in [0.4, 0.5) is 0 Å². The predicted molar refractivity (Wildman–Crippen MR) is 118 cm³/mol. The third-order valence-corrected chi connectivity index (χ3v) is 4.36. The average molecular weight is 542 g/mol. The summed E-state index contributed by atoms with van der Waals surface area (Å²) in [6.45, 7) is 9.32. The van der Waals surface area contributed by atoms with Crippen LogP contribution in [0, 0.1) is 0 Å². The summed E-state index contributed by atoms with van der Waals surface area (Å²) in [6, 6.07) is 15.5. The van der Waals surface area contributed by atoms with Gasteiger partial charge in [-0.25, -0.2) is 9.98 Å². The average Bonchev–Trinajstić information content (AvgIpc) is 3.24. The molecule has 0 aromatic heterocycles. The summed E-state index contributed by atoms with van der Waals surface area (Å²) in [5.41, 5.74) is 1.23. The molecule has 0 saturated carbocycles. The van der Waals surface area contributed by atoms with Gasteiger partial charge in [0.2, 0.25) is 11.8 Å². The van der Waals surface area contributed by atoms with Crippen LogP contribution in [0.5, 0.6) is 11.5 Å². The third kappa shape index (κ3) is 5.98. The standard InChI is InChI=1S/C22H24N2O3.2ClH.Pd/c1-21(2)13-25-19(23-21)17-11-10-16(27-15-8-6-5-7-9-15)12-18(17)20-24-22(3,4)14-26-20;;;/h5-12H,13-14H2,1-4H3;2*1H;/q;;;+2/p-2. The number of benzene rings is 2. The third-order valence-electron chi connectivity index (χ3n) is 4.36. The van der Waals surface area contributed by atoms with Gasteiger partial charge in [0, 0.05) is 5.56 Å². The van der Waals surface area contributed by atoms with Crippen LogP contribution in [-0.2, 0) is 25.4 Å². The van der Waals surface area contributed by atoms with Gasteiger partial charge in [-0.3, -0.25) is 0 Å². The molecule has 0 N–H and O–H groups in total. The molecule has 0 atom stereocenters. The number of hydrogen-bond donors (Lipinski definition) is 0. The first-order chi connectivity index (χ1) is 14.2. The fourth-order valence-electron chi connectivity index (χ4n) is 3.02. The van der Waals surface area contributed by atoms with Gasteiger partial charge in [-0.15, -0.1) is 0 Å². The summed E-state index contributed by atoms with van der Waals surface area (Å²) in [4.78, 5) is 9.45. The normalized spacial score (nSPS) is 18.5. The summed E-state index contributed by atoms with van der Waals surface area (Å²) in [5.74, 6) is 2.72. The van der Waals surface area contributed by atoms with Gasteiger partial charge in [0.15, 0.2) is 0 Å². The van der Waals surface area contributed by atoms with E-state index in [4.69, 9.17) is 43.3 Å². The van der Waals surface area contributed by atoms with Crippen LogP contribution in [0.3, 0.4) is 0 Å². The van der Waals surface area contributed by atoms with Crippen molar-refractivity contribution in [1.82, 2.24) is 0 Å². The molecule has 0 spiro atoms. The monoisotopic (exact) mass is 540 g/mol. The predicted octanol–water partition coefficient (Wildman–Crippen LogP) is 5.97. The van der Waals surface area contributed by atoms with Gasteiger partial charge in [0.25, 0.3) is 0 Å². The van der Waals surface area contributed by atoms with E-state index in [-0.39, 0.29) is 27.0 Å². The Kier molecular flexibility index (Phi) is 7.47. The Morgan fingerprint density at radius 2 is 1.33 bits per heavy atom. The number of nitrogens with zero attached hydrogens (tertiary/aromatic N) is 2. The number of halogens is 2. The SMILES string of the molecule is CC1(C)COC(c2ccc(Oc3ccccc3)cc2C2=NC(C)(C)CO2)=N1.[Cl][Pd][Cl]. The van der Waals surface area contributed by atoms with Crippen molar-refractivity contribution >= 4 is 30.9 Å². The molecule has 2 aromatic carbocycles. The van der Waals surface area contributed by atoms with E-state index in [0.717, 1.165) is 16.9 Å². The fraction of sp³-hybridized carbons (Fsp3) is 0.364. The number of para-hydroxylation sites is 1. The molecule has 0 radical (unpaired) electrons. The molecule has 0 fully saturated rings. The van der Waals surface area contributed by atoms with E-state index in [1.807, 2.05) is 48.5 Å². The van der Waals surface area contributed by atoms with Crippen molar-refractivity contribution in [3.63, 3.8) is 0 Å². The number of aliphatic imine (C=N–C) groups is 2. The first kappa shape index (κ1) is 23.1. The molecule has 5 nitrogen and oxygen atoms in total. The van der Waals surface area contributed by atoms with Crippen molar-refractivity contribution in [2.24, 2.45) is 9.98 Å². The van der Waals surface area contributed by atoms with Gasteiger partial charge in [-0.05, 0) is 58.0 Å². The summed E-state index contributed by atoms with van der Waals surface area (Å²) < 4.78 is 17.8. The summed E-state index contributed by atoms with van der Waals surface area (Å²) in [6.07, 6.45) is 0. The molecule has 0 unspecified atom stereocenters. The number of hydrogen-bond acceptors (Lipinski definition) is 5. The number of ether oxygens (including phenoxy) is 3. The zero-order chi connectivity index (χ0) is 21.8. The van der Waals surface area contributed by atoms with Crippen molar-refractivity contribution < 1.29 is 30.2 Å². The second-order valence-electron chi connectivity index (χ2n) is 8.20. The molecule has 0 bridgehead atoms. The van der Waals surface area contributed by atoms with Crippen LogP contribution in [0.15, 0.2) is 58.5 Å². The van der Waals surface area contributed by atoms with E-state index in [2.05, 4.69) is 27.7 Å². The van der Waals surface area contributed by atoms with Crippen LogP contribution in [0.25, 0.3) is 0 Å². The molecule has 4 rings (SSSR count). The molecule has 2 aromatic rings. The van der Waals surface area contributed by atoms with Crippen molar-refractivity contribution in [3.05, 3.63) is 59.7 Å². The minimum absolute atomic E-state index is 0.106. The molecule has 0 aliphatic carbocycles. The molecule has 2 aliphatic heterocycles. The van der Waals surface area contributed by atoms with Crippen molar-refractivity contribution in [1.29, 1.82) is 0 Å². The van der Waals surface area contributed by atoms with E-state index in [1.54, 1.807) is 0 Å². The van der Waals surface area contributed by atoms with E-state index < -0.39 is 0 Å². The van der Waals surface area contributed by atoms with Gasteiger partial charge in [0.05, 0.1) is 16.6 Å². The fourth-order valence-corrected chi connectivity index (χ4v) is 3.02. The Balaban J connectivity index is 0.000000806. The van der Waals surface area contributed by atoms with E-state index in [0.29, 0.717) is 30.8 Å².